The smallest absolute Gasteiger partial charge is 0.405 e. The van der Waals surface area contributed by atoms with Gasteiger partial charge in [0.1, 0.15) is 0 Å². The van der Waals surface area contributed by atoms with Crippen LogP contribution in [0.4, 0.5) is 4.79 Å². The van der Waals surface area contributed by atoms with E-state index in [1.54, 1.807) is 11.5 Å². The summed E-state index contributed by atoms with van der Waals surface area (Å²) in [5, 5.41) is 13.2. The number of hydrogen-bond acceptors (Lipinski definition) is 2. The maximum atomic E-state index is 13.5. The largest absolute Gasteiger partial charge is 0.465 e. The van der Waals surface area contributed by atoms with Crippen LogP contribution >= 0.6 is 0 Å². The van der Waals surface area contributed by atoms with E-state index in [1.165, 1.54) is 0 Å². The molecule has 0 unspecified atom stereocenters. The Hall–Kier alpha value is -3.52. The van der Waals surface area contributed by atoms with Crippen LogP contribution in [-0.2, 0) is 12.8 Å². The molecule has 27 heavy (non-hydrogen) atoms. The average molecular weight is 358 g/mol. The molecular formula is C22H18N2O3. The summed E-state index contributed by atoms with van der Waals surface area (Å²) in [4.78, 5) is 24.8. The standard InChI is InChI=1S/C22H18N2O3/c1-3-14-9-10-15-11-12-17-18(15)19(14)21(25)24(16-7-5-4-6-8-16)20(17)13(2)23-22(26)27/h1,4-10,13,23H,11-12H2,2H3,(H,26,27)/t13-/m0/s1. The molecule has 0 fully saturated rings. The molecule has 1 heterocycles. The van der Waals surface area contributed by atoms with E-state index in [0.717, 1.165) is 29.4 Å². The average Bonchev–Trinajstić information content (AvgIpc) is 3.08. The van der Waals surface area contributed by atoms with Crippen LogP contribution in [0, 0.1) is 12.3 Å². The third kappa shape index (κ3) is 2.58. The van der Waals surface area contributed by atoms with Gasteiger partial charge in [-0.05, 0) is 54.5 Å². The molecule has 1 aliphatic rings. The fourth-order valence-corrected chi connectivity index (χ4v) is 4.08. The number of para-hydroxylation sites is 1. The van der Waals surface area contributed by atoms with Crippen molar-refractivity contribution in [1.82, 2.24) is 9.88 Å². The molecule has 1 atom stereocenters. The van der Waals surface area contributed by atoms with Crippen LogP contribution < -0.4 is 10.9 Å². The summed E-state index contributed by atoms with van der Waals surface area (Å²) >= 11 is 0. The number of rotatable bonds is 3. The lowest BCUT2D eigenvalue weighted by Crippen LogP contribution is -2.32. The van der Waals surface area contributed by atoms with Crippen molar-refractivity contribution < 1.29 is 9.90 Å². The Kier molecular flexibility index (Phi) is 3.97. The van der Waals surface area contributed by atoms with Gasteiger partial charge in [0.2, 0.25) is 0 Å². The number of amides is 1. The molecule has 1 aliphatic carbocycles. The first-order valence-electron chi connectivity index (χ1n) is 8.77. The summed E-state index contributed by atoms with van der Waals surface area (Å²) in [7, 11) is 0. The minimum atomic E-state index is -1.13. The second-order valence-corrected chi connectivity index (χ2v) is 6.68. The predicted molar refractivity (Wildman–Crippen MR) is 104 cm³/mol. The van der Waals surface area contributed by atoms with Crippen LogP contribution in [0.1, 0.15) is 35.3 Å². The quantitative estimate of drug-likeness (QED) is 0.705. The Labute approximate surface area is 156 Å². The number of nitrogens with zero attached hydrogens (tertiary/aromatic N) is 1. The van der Waals surface area contributed by atoms with Gasteiger partial charge in [-0.15, -0.1) is 6.42 Å². The monoisotopic (exact) mass is 358 g/mol. The Bertz CT molecular complexity index is 1170. The Morgan fingerprint density at radius 2 is 1.93 bits per heavy atom. The molecular weight excluding hydrogens is 340 g/mol. The first-order valence-corrected chi connectivity index (χ1v) is 8.77. The maximum absolute atomic E-state index is 13.5. The Balaban J connectivity index is 2.18. The van der Waals surface area contributed by atoms with Crippen molar-refractivity contribution >= 4 is 16.9 Å². The summed E-state index contributed by atoms with van der Waals surface area (Å²) in [6.07, 6.45) is 6.09. The third-order valence-corrected chi connectivity index (χ3v) is 5.12. The molecule has 4 rings (SSSR count). The molecule has 2 N–H and O–H groups in total. The molecule has 0 saturated heterocycles. The summed E-state index contributed by atoms with van der Waals surface area (Å²) in [6.45, 7) is 1.76. The topological polar surface area (TPSA) is 71.3 Å². The van der Waals surface area contributed by atoms with Crippen LogP contribution in [0.15, 0.2) is 47.3 Å². The van der Waals surface area contributed by atoms with Crippen molar-refractivity contribution in [3.63, 3.8) is 0 Å². The number of carbonyl (C=O) groups is 1. The zero-order valence-corrected chi connectivity index (χ0v) is 14.8. The lowest BCUT2D eigenvalue weighted by Gasteiger charge is -2.23. The van der Waals surface area contributed by atoms with Crippen LogP contribution in [0.25, 0.3) is 16.5 Å². The minimum Gasteiger partial charge on any atom is -0.465 e. The highest BCUT2D eigenvalue weighted by Gasteiger charge is 2.28. The van der Waals surface area contributed by atoms with E-state index in [2.05, 4.69) is 11.2 Å². The van der Waals surface area contributed by atoms with Crippen LogP contribution in [-0.4, -0.2) is 15.8 Å². The zero-order valence-electron chi connectivity index (χ0n) is 14.8. The number of hydrogen-bond donors (Lipinski definition) is 2. The molecule has 0 radical (unpaired) electrons. The van der Waals surface area contributed by atoms with Gasteiger partial charge in [-0.2, -0.15) is 0 Å². The van der Waals surface area contributed by atoms with E-state index in [0.29, 0.717) is 22.3 Å². The van der Waals surface area contributed by atoms with Crippen LogP contribution in [0.3, 0.4) is 0 Å². The van der Waals surface area contributed by atoms with Gasteiger partial charge < -0.3 is 10.4 Å². The molecule has 5 heteroatoms. The maximum Gasteiger partial charge on any atom is 0.405 e. The summed E-state index contributed by atoms with van der Waals surface area (Å²) in [5.41, 5.74) is 3.79. The highest BCUT2D eigenvalue weighted by molar-refractivity contribution is 5.95. The van der Waals surface area contributed by atoms with Gasteiger partial charge in [-0.25, -0.2) is 4.79 Å². The first kappa shape index (κ1) is 16.9. The van der Waals surface area contributed by atoms with E-state index in [4.69, 9.17) is 6.42 Å². The molecule has 3 aromatic rings. The van der Waals surface area contributed by atoms with Gasteiger partial charge in [-0.1, -0.05) is 30.2 Å². The van der Waals surface area contributed by atoms with Crippen molar-refractivity contribution in [1.29, 1.82) is 0 Å². The molecule has 0 spiro atoms. The lowest BCUT2D eigenvalue weighted by atomic mass is 9.97. The predicted octanol–water partition coefficient (Wildman–Crippen LogP) is 3.40. The SMILES string of the molecule is C#Cc1ccc2c3c(c([C@H](C)NC(=O)O)n(-c4ccccc4)c(=O)c13)CC2. The summed E-state index contributed by atoms with van der Waals surface area (Å²) < 4.78 is 1.61. The van der Waals surface area contributed by atoms with Gasteiger partial charge in [0.15, 0.2) is 0 Å². The molecule has 134 valence electrons. The van der Waals surface area contributed by atoms with E-state index in [1.807, 2.05) is 42.5 Å². The van der Waals surface area contributed by atoms with E-state index in [-0.39, 0.29) is 5.56 Å². The number of benzene rings is 2. The highest BCUT2D eigenvalue weighted by Crippen LogP contribution is 2.36. The minimum absolute atomic E-state index is 0.217. The van der Waals surface area contributed by atoms with E-state index < -0.39 is 12.1 Å². The van der Waals surface area contributed by atoms with Crippen molar-refractivity contribution in [3.8, 4) is 18.0 Å². The molecule has 0 saturated carbocycles. The fourth-order valence-electron chi connectivity index (χ4n) is 4.08. The highest BCUT2D eigenvalue weighted by atomic mass is 16.4. The molecule has 1 amide bonds. The van der Waals surface area contributed by atoms with Crippen molar-refractivity contribution in [2.24, 2.45) is 0 Å². The van der Waals surface area contributed by atoms with Gasteiger partial charge in [0, 0.05) is 11.3 Å². The first-order chi connectivity index (χ1) is 13.0. The summed E-state index contributed by atoms with van der Waals surface area (Å²) in [6, 6.07) is 12.5. The van der Waals surface area contributed by atoms with Crippen LogP contribution in [0.5, 0.6) is 0 Å². The van der Waals surface area contributed by atoms with Crippen molar-refractivity contribution in [2.75, 3.05) is 0 Å². The third-order valence-electron chi connectivity index (χ3n) is 5.12. The van der Waals surface area contributed by atoms with Gasteiger partial charge in [0.05, 0.1) is 17.1 Å². The number of pyridine rings is 1. The lowest BCUT2D eigenvalue weighted by molar-refractivity contribution is 0.190. The van der Waals surface area contributed by atoms with E-state index in [9.17, 15) is 14.7 Å². The van der Waals surface area contributed by atoms with Crippen molar-refractivity contribution in [3.05, 3.63) is 75.2 Å². The molecule has 5 nitrogen and oxygen atoms in total. The normalized spacial score (nSPS) is 13.3. The molecule has 0 bridgehead atoms. The van der Waals surface area contributed by atoms with Gasteiger partial charge in [0.25, 0.3) is 5.56 Å². The van der Waals surface area contributed by atoms with Crippen LogP contribution in [0.2, 0.25) is 0 Å². The van der Waals surface area contributed by atoms with E-state index >= 15 is 0 Å². The molecule has 2 aromatic carbocycles. The number of aryl methyl sites for hydroxylation is 2. The number of nitrogens with one attached hydrogen (secondary N) is 1. The Morgan fingerprint density at radius 3 is 2.59 bits per heavy atom. The summed E-state index contributed by atoms with van der Waals surface area (Å²) in [5.74, 6) is 2.63. The Morgan fingerprint density at radius 1 is 1.19 bits per heavy atom. The second-order valence-electron chi connectivity index (χ2n) is 6.68. The second kappa shape index (κ2) is 6.33. The number of carboxylic acid groups (broad SMARTS) is 1. The zero-order chi connectivity index (χ0) is 19.1. The van der Waals surface area contributed by atoms with Gasteiger partial charge >= 0.3 is 6.09 Å². The number of aromatic nitrogens is 1. The number of terminal acetylenes is 1. The molecule has 1 aromatic heterocycles. The fraction of sp³-hybridized carbons (Fsp3) is 0.182. The van der Waals surface area contributed by atoms with Crippen molar-refractivity contribution in [2.45, 2.75) is 25.8 Å². The van der Waals surface area contributed by atoms with Gasteiger partial charge in [-0.3, -0.25) is 9.36 Å². The molecule has 0 aliphatic heterocycles.